The average molecular weight is 278 g/mol. The molecule has 2 rings (SSSR count). The number of halogens is 1. The highest BCUT2D eigenvalue weighted by atomic mass is 35.5. The summed E-state index contributed by atoms with van der Waals surface area (Å²) in [4.78, 5) is 14.8. The third kappa shape index (κ3) is 3.45. The quantitative estimate of drug-likeness (QED) is 0.931. The molecule has 1 aromatic heterocycles. The average Bonchev–Trinajstić information content (AvgIpc) is 2.40. The Kier molecular flexibility index (Phi) is 4.02. The minimum Gasteiger partial charge on any atom is -0.487 e. The Morgan fingerprint density at radius 1 is 1.37 bits per heavy atom. The highest BCUT2D eigenvalue weighted by Crippen LogP contribution is 2.23. The lowest BCUT2D eigenvalue weighted by Gasteiger charge is -2.09. The highest BCUT2D eigenvalue weighted by molar-refractivity contribution is 6.30. The molecule has 0 saturated carbocycles. The number of pyridine rings is 1. The predicted molar refractivity (Wildman–Crippen MR) is 71.7 cm³/mol. The zero-order valence-corrected chi connectivity index (χ0v) is 11.0. The van der Waals surface area contributed by atoms with Crippen molar-refractivity contribution in [2.45, 2.75) is 13.5 Å². The molecule has 0 unspecified atom stereocenters. The van der Waals surface area contributed by atoms with Gasteiger partial charge in [-0.15, -0.1) is 0 Å². The molecule has 0 aliphatic carbocycles. The molecule has 0 aliphatic rings. The number of aromatic carboxylic acids is 1. The van der Waals surface area contributed by atoms with E-state index in [0.717, 1.165) is 5.56 Å². The number of carbonyl (C=O) groups is 1. The lowest BCUT2D eigenvalue weighted by molar-refractivity contribution is 0.0690. The van der Waals surface area contributed by atoms with Gasteiger partial charge in [0.1, 0.15) is 18.1 Å². The Hall–Kier alpha value is -2.07. The van der Waals surface area contributed by atoms with Gasteiger partial charge in [-0.05, 0) is 36.8 Å². The van der Waals surface area contributed by atoms with E-state index >= 15 is 0 Å². The summed E-state index contributed by atoms with van der Waals surface area (Å²) in [5.41, 5.74) is 1.52. The highest BCUT2D eigenvalue weighted by Gasteiger charge is 2.06. The van der Waals surface area contributed by atoms with Gasteiger partial charge in [-0.1, -0.05) is 23.7 Å². The predicted octanol–water partition coefficient (Wildman–Crippen LogP) is 3.32. The van der Waals surface area contributed by atoms with E-state index < -0.39 is 5.97 Å². The summed E-state index contributed by atoms with van der Waals surface area (Å²) in [5.74, 6) is -0.393. The van der Waals surface area contributed by atoms with Gasteiger partial charge in [0, 0.05) is 5.02 Å². The number of ether oxygens (including phenoxy) is 1. The third-order valence-electron chi connectivity index (χ3n) is 2.55. The lowest BCUT2D eigenvalue weighted by Crippen LogP contribution is -2.05. The van der Waals surface area contributed by atoms with Crippen molar-refractivity contribution in [2.75, 3.05) is 0 Å². The number of hydrogen-bond donors (Lipinski definition) is 1. The topological polar surface area (TPSA) is 59.4 Å². The minimum atomic E-state index is -1.05. The van der Waals surface area contributed by atoms with E-state index in [9.17, 15) is 4.79 Å². The Balaban J connectivity index is 2.12. The van der Waals surface area contributed by atoms with Crippen molar-refractivity contribution in [3.05, 3.63) is 58.4 Å². The number of carboxylic acid groups (broad SMARTS) is 1. The molecule has 1 N–H and O–H groups in total. The molecular formula is C14H12ClNO3. The summed E-state index contributed by atoms with van der Waals surface area (Å²) in [5, 5.41) is 9.44. The van der Waals surface area contributed by atoms with E-state index in [1.807, 2.05) is 13.0 Å². The molecular weight excluding hydrogens is 266 g/mol. The first kappa shape index (κ1) is 13.4. The Bertz CT molecular complexity index is 613. The van der Waals surface area contributed by atoms with Crippen LogP contribution in [-0.2, 0) is 6.61 Å². The van der Waals surface area contributed by atoms with Crippen LogP contribution in [0.3, 0.4) is 0 Å². The van der Waals surface area contributed by atoms with Crippen LogP contribution in [0.2, 0.25) is 5.02 Å². The molecule has 2 aromatic rings. The van der Waals surface area contributed by atoms with Gasteiger partial charge in [-0.2, -0.15) is 0 Å². The fourth-order valence-electron chi connectivity index (χ4n) is 1.56. The normalized spacial score (nSPS) is 10.2. The summed E-state index contributed by atoms with van der Waals surface area (Å²) in [6.45, 7) is 2.11. The van der Waals surface area contributed by atoms with Crippen molar-refractivity contribution >= 4 is 17.6 Å². The summed E-state index contributed by atoms with van der Waals surface area (Å²) < 4.78 is 5.60. The van der Waals surface area contributed by atoms with Gasteiger partial charge in [0.25, 0.3) is 0 Å². The number of aromatic nitrogens is 1. The number of nitrogens with zero attached hydrogens (tertiary/aromatic N) is 1. The van der Waals surface area contributed by atoms with Crippen LogP contribution in [0.15, 0.2) is 36.4 Å². The smallest absolute Gasteiger partial charge is 0.354 e. The summed E-state index contributed by atoms with van der Waals surface area (Å²) in [6.07, 6.45) is 0. The second-order valence-corrected chi connectivity index (χ2v) is 4.45. The molecule has 0 radical (unpaired) electrons. The Labute approximate surface area is 115 Å². The molecule has 4 nitrogen and oxygen atoms in total. The zero-order valence-electron chi connectivity index (χ0n) is 10.3. The van der Waals surface area contributed by atoms with Crippen LogP contribution in [0, 0.1) is 6.92 Å². The van der Waals surface area contributed by atoms with Crippen LogP contribution in [0.5, 0.6) is 5.75 Å². The fourth-order valence-corrected chi connectivity index (χ4v) is 1.72. The van der Waals surface area contributed by atoms with Crippen molar-refractivity contribution in [1.29, 1.82) is 0 Å². The first-order valence-electron chi connectivity index (χ1n) is 5.64. The summed E-state index contributed by atoms with van der Waals surface area (Å²) >= 11 is 5.89. The van der Waals surface area contributed by atoms with Crippen LogP contribution in [0.25, 0.3) is 0 Å². The molecule has 98 valence electrons. The van der Waals surface area contributed by atoms with E-state index in [4.69, 9.17) is 21.4 Å². The van der Waals surface area contributed by atoms with E-state index in [1.54, 1.807) is 24.3 Å². The molecule has 0 spiro atoms. The van der Waals surface area contributed by atoms with Crippen molar-refractivity contribution in [1.82, 2.24) is 4.98 Å². The third-order valence-corrected chi connectivity index (χ3v) is 2.79. The number of benzene rings is 1. The molecule has 5 heteroatoms. The van der Waals surface area contributed by atoms with E-state index in [-0.39, 0.29) is 12.3 Å². The number of rotatable bonds is 4. The van der Waals surface area contributed by atoms with Gasteiger partial charge in [0.2, 0.25) is 0 Å². The number of hydrogen-bond acceptors (Lipinski definition) is 3. The van der Waals surface area contributed by atoms with Gasteiger partial charge in [-0.25, -0.2) is 9.78 Å². The van der Waals surface area contributed by atoms with Gasteiger partial charge in [0.05, 0.1) is 5.69 Å². The van der Waals surface area contributed by atoms with Crippen molar-refractivity contribution in [2.24, 2.45) is 0 Å². The molecule has 0 aliphatic heterocycles. The van der Waals surface area contributed by atoms with Crippen molar-refractivity contribution in [3.63, 3.8) is 0 Å². The van der Waals surface area contributed by atoms with Gasteiger partial charge < -0.3 is 9.84 Å². The fraction of sp³-hybridized carbons (Fsp3) is 0.143. The maximum absolute atomic E-state index is 10.8. The molecule has 0 atom stereocenters. The number of aryl methyl sites for hydroxylation is 1. The molecule has 0 bridgehead atoms. The first-order chi connectivity index (χ1) is 9.06. The van der Waals surface area contributed by atoms with Crippen LogP contribution in [0.4, 0.5) is 0 Å². The standard InChI is InChI=1S/C14H12ClNO3/c1-9-5-6-10(15)7-13(9)19-8-11-3-2-4-12(16-11)14(17)18/h2-7H,8H2,1H3,(H,17,18). The van der Waals surface area contributed by atoms with Crippen molar-refractivity contribution in [3.8, 4) is 5.75 Å². The maximum atomic E-state index is 10.8. The molecule has 0 saturated heterocycles. The summed E-state index contributed by atoms with van der Waals surface area (Å²) in [6, 6.07) is 10.2. The van der Waals surface area contributed by atoms with Crippen LogP contribution < -0.4 is 4.74 Å². The molecule has 1 aromatic carbocycles. The van der Waals surface area contributed by atoms with Gasteiger partial charge in [0.15, 0.2) is 0 Å². The monoisotopic (exact) mass is 277 g/mol. The van der Waals surface area contributed by atoms with E-state index in [0.29, 0.717) is 16.5 Å². The summed E-state index contributed by atoms with van der Waals surface area (Å²) in [7, 11) is 0. The van der Waals surface area contributed by atoms with Crippen molar-refractivity contribution < 1.29 is 14.6 Å². The van der Waals surface area contributed by atoms with Gasteiger partial charge >= 0.3 is 5.97 Å². The lowest BCUT2D eigenvalue weighted by atomic mass is 10.2. The van der Waals surface area contributed by atoms with E-state index in [1.165, 1.54) is 6.07 Å². The molecule has 0 amide bonds. The largest absolute Gasteiger partial charge is 0.487 e. The van der Waals surface area contributed by atoms with Crippen LogP contribution >= 0.6 is 11.6 Å². The second-order valence-electron chi connectivity index (χ2n) is 4.02. The van der Waals surface area contributed by atoms with Crippen LogP contribution in [0.1, 0.15) is 21.7 Å². The number of carboxylic acids is 1. The SMILES string of the molecule is Cc1ccc(Cl)cc1OCc1cccc(C(=O)O)n1. The zero-order chi connectivity index (χ0) is 13.8. The van der Waals surface area contributed by atoms with Crippen LogP contribution in [-0.4, -0.2) is 16.1 Å². The second kappa shape index (κ2) is 5.71. The molecule has 19 heavy (non-hydrogen) atoms. The Morgan fingerprint density at radius 3 is 2.89 bits per heavy atom. The first-order valence-corrected chi connectivity index (χ1v) is 6.02. The Morgan fingerprint density at radius 2 is 2.16 bits per heavy atom. The van der Waals surface area contributed by atoms with Gasteiger partial charge in [-0.3, -0.25) is 0 Å². The maximum Gasteiger partial charge on any atom is 0.354 e. The molecule has 1 heterocycles. The van der Waals surface area contributed by atoms with E-state index in [2.05, 4.69) is 4.98 Å². The minimum absolute atomic E-state index is 0.00363. The molecule has 0 fully saturated rings.